The molecule has 2 heteroatoms. The van der Waals surface area contributed by atoms with Crippen LogP contribution in [0, 0.1) is 0 Å². The van der Waals surface area contributed by atoms with Gasteiger partial charge in [-0.2, -0.15) is 0 Å². The smallest absolute Gasteiger partial charge is 0.109 e. The van der Waals surface area contributed by atoms with Crippen LogP contribution < -0.4 is 4.90 Å². The zero-order chi connectivity index (χ0) is 9.26. The Morgan fingerprint density at radius 2 is 1.77 bits per heavy atom. The molecular weight excluding hydrogens is 160 g/mol. The van der Waals surface area contributed by atoms with Gasteiger partial charge in [0.25, 0.3) is 0 Å². The van der Waals surface area contributed by atoms with Gasteiger partial charge in [0.1, 0.15) is 5.82 Å². The number of benzene rings is 1. The summed E-state index contributed by atoms with van der Waals surface area (Å²) in [4.78, 5) is 4.05. The van der Waals surface area contributed by atoms with Gasteiger partial charge in [0.15, 0.2) is 0 Å². The number of hydrogen-bond acceptors (Lipinski definition) is 2. The number of nitrogens with zero attached hydrogens (tertiary/aromatic N) is 2. The molecule has 0 unspecified atom stereocenters. The topological polar surface area (TPSA) is 6.48 Å². The van der Waals surface area contributed by atoms with Crippen molar-refractivity contribution in [2.75, 3.05) is 11.9 Å². The highest BCUT2D eigenvalue weighted by atomic mass is 15.3. The van der Waals surface area contributed by atoms with Crippen LogP contribution in [0.25, 0.3) is 0 Å². The lowest BCUT2D eigenvalue weighted by atomic mass is 10.3. The van der Waals surface area contributed by atoms with Crippen molar-refractivity contribution in [2.45, 2.75) is 0 Å². The van der Waals surface area contributed by atoms with Gasteiger partial charge in [-0.05, 0) is 12.1 Å². The van der Waals surface area contributed by atoms with Crippen LogP contribution in [-0.4, -0.2) is 11.9 Å². The molecule has 66 valence electrons. The second kappa shape index (κ2) is 2.98. The Morgan fingerprint density at radius 3 is 2.31 bits per heavy atom. The van der Waals surface area contributed by atoms with E-state index in [1.165, 1.54) is 0 Å². The third-order valence-electron chi connectivity index (χ3n) is 2.16. The highest BCUT2D eigenvalue weighted by Gasteiger charge is 2.14. The first-order chi connectivity index (χ1) is 6.29. The SMILES string of the molecule is C=C1N(C)C=CN1c1ccccc1. The third-order valence-corrected chi connectivity index (χ3v) is 2.16. The van der Waals surface area contributed by atoms with Gasteiger partial charge in [-0.3, -0.25) is 0 Å². The first-order valence-corrected chi connectivity index (χ1v) is 4.23. The van der Waals surface area contributed by atoms with Crippen molar-refractivity contribution in [3.63, 3.8) is 0 Å². The molecule has 0 radical (unpaired) electrons. The minimum atomic E-state index is 0.978. The van der Waals surface area contributed by atoms with Crippen LogP contribution in [0.5, 0.6) is 0 Å². The van der Waals surface area contributed by atoms with E-state index in [1.54, 1.807) is 0 Å². The minimum Gasteiger partial charge on any atom is -0.336 e. The molecule has 0 fully saturated rings. The highest BCUT2D eigenvalue weighted by Crippen LogP contribution is 2.24. The Bertz CT molecular complexity index is 340. The van der Waals surface area contributed by atoms with Crippen molar-refractivity contribution >= 4 is 5.69 Å². The van der Waals surface area contributed by atoms with Crippen LogP contribution in [0.2, 0.25) is 0 Å². The predicted octanol–water partition coefficient (Wildman–Crippen LogP) is 2.38. The maximum Gasteiger partial charge on any atom is 0.109 e. The summed E-state index contributed by atoms with van der Waals surface area (Å²) in [6.07, 6.45) is 4.01. The van der Waals surface area contributed by atoms with Gasteiger partial charge < -0.3 is 9.80 Å². The highest BCUT2D eigenvalue weighted by molar-refractivity contribution is 5.56. The zero-order valence-electron chi connectivity index (χ0n) is 7.64. The van der Waals surface area contributed by atoms with Gasteiger partial charge in [0, 0.05) is 25.1 Å². The van der Waals surface area contributed by atoms with E-state index in [-0.39, 0.29) is 0 Å². The standard InChI is InChI=1S/C11H12N2/c1-10-12(2)8-9-13(10)11-6-4-3-5-7-11/h3-9H,1H2,2H3. The first-order valence-electron chi connectivity index (χ1n) is 4.23. The summed E-state index contributed by atoms with van der Waals surface area (Å²) in [6.45, 7) is 3.98. The Balaban J connectivity index is 2.30. The molecule has 13 heavy (non-hydrogen) atoms. The molecule has 0 atom stereocenters. The minimum absolute atomic E-state index is 0.978. The van der Waals surface area contributed by atoms with Crippen LogP contribution in [0.15, 0.2) is 55.1 Å². The Labute approximate surface area is 78.4 Å². The van der Waals surface area contributed by atoms with E-state index in [2.05, 4.69) is 23.6 Å². The van der Waals surface area contributed by atoms with Crippen molar-refractivity contribution in [2.24, 2.45) is 0 Å². The normalized spacial score (nSPS) is 15.6. The molecular formula is C11H12N2. The summed E-state index contributed by atoms with van der Waals surface area (Å²) in [7, 11) is 1.99. The van der Waals surface area contributed by atoms with Gasteiger partial charge in [-0.15, -0.1) is 0 Å². The molecule has 0 bridgehead atoms. The fourth-order valence-electron chi connectivity index (χ4n) is 1.33. The van der Waals surface area contributed by atoms with E-state index in [0.29, 0.717) is 0 Å². The molecule has 0 saturated carbocycles. The average Bonchev–Trinajstić information content (AvgIpc) is 2.49. The number of hydrogen-bond donors (Lipinski definition) is 0. The van der Waals surface area contributed by atoms with Crippen molar-refractivity contribution < 1.29 is 0 Å². The molecule has 2 rings (SSSR count). The fourth-order valence-corrected chi connectivity index (χ4v) is 1.33. The van der Waals surface area contributed by atoms with Gasteiger partial charge in [0.05, 0.1) is 0 Å². The molecule has 1 aliphatic heterocycles. The molecule has 0 spiro atoms. The molecule has 2 nitrogen and oxygen atoms in total. The molecule has 1 aromatic rings. The second-order valence-corrected chi connectivity index (χ2v) is 3.03. The summed E-state index contributed by atoms with van der Waals surface area (Å²) in [5.74, 6) is 0.978. The molecule has 0 aliphatic carbocycles. The van der Waals surface area contributed by atoms with E-state index in [4.69, 9.17) is 0 Å². The Hall–Kier alpha value is -1.70. The molecule has 0 amide bonds. The number of rotatable bonds is 1. The summed E-state index contributed by atoms with van der Waals surface area (Å²) in [6, 6.07) is 10.2. The van der Waals surface area contributed by atoms with Gasteiger partial charge in [-0.1, -0.05) is 24.8 Å². The van der Waals surface area contributed by atoms with Crippen molar-refractivity contribution in [3.05, 3.63) is 55.1 Å². The molecule has 1 aromatic carbocycles. The molecule has 0 N–H and O–H groups in total. The monoisotopic (exact) mass is 172 g/mol. The van der Waals surface area contributed by atoms with Crippen molar-refractivity contribution in [1.82, 2.24) is 4.90 Å². The van der Waals surface area contributed by atoms with Crippen molar-refractivity contribution in [1.29, 1.82) is 0 Å². The van der Waals surface area contributed by atoms with E-state index in [1.807, 2.05) is 42.5 Å². The van der Waals surface area contributed by atoms with Crippen molar-refractivity contribution in [3.8, 4) is 0 Å². The lowest BCUT2D eigenvalue weighted by Crippen LogP contribution is -2.17. The van der Waals surface area contributed by atoms with Crippen LogP contribution in [0.4, 0.5) is 5.69 Å². The maximum atomic E-state index is 3.98. The Kier molecular flexibility index (Phi) is 1.81. The number of para-hydroxylation sites is 1. The van der Waals surface area contributed by atoms with Crippen LogP contribution >= 0.6 is 0 Å². The van der Waals surface area contributed by atoms with E-state index in [9.17, 15) is 0 Å². The summed E-state index contributed by atoms with van der Waals surface area (Å²) in [5, 5.41) is 0. The second-order valence-electron chi connectivity index (χ2n) is 3.03. The average molecular weight is 172 g/mol. The van der Waals surface area contributed by atoms with Crippen LogP contribution in [0.3, 0.4) is 0 Å². The van der Waals surface area contributed by atoms with Crippen LogP contribution in [0.1, 0.15) is 0 Å². The predicted molar refractivity (Wildman–Crippen MR) is 55.0 cm³/mol. The molecule has 0 aromatic heterocycles. The quantitative estimate of drug-likeness (QED) is 0.641. The third kappa shape index (κ3) is 1.31. The lowest BCUT2D eigenvalue weighted by Gasteiger charge is -2.20. The summed E-state index contributed by atoms with van der Waals surface area (Å²) < 4.78 is 0. The van der Waals surface area contributed by atoms with Gasteiger partial charge in [-0.25, -0.2) is 0 Å². The largest absolute Gasteiger partial charge is 0.336 e. The van der Waals surface area contributed by atoms with Gasteiger partial charge >= 0.3 is 0 Å². The molecule has 0 saturated heterocycles. The zero-order valence-corrected chi connectivity index (χ0v) is 7.64. The Morgan fingerprint density at radius 1 is 1.08 bits per heavy atom. The molecule has 1 aliphatic rings. The van der Waals surface area contributed by atoms with E-state index >= 15 is 0 Å². The maximum absolute atomic E-state index is 3.98. The summed E-state index contributed by atoms with van der Waals surface area (Å²) in [5.41, 5.74) is 1.15. The fraction of sp³-hybridized carbons (Fsp3) is 0.0909. The first kappa shape index (κ1) is 7.92. The van der Waals surface area contributed by atoms with E-state index in [0.717, 1.165) is 11.5 Å². The van der Waals surface area contributed by atoms with Gasteiger partial charge in [0.2, 0.25) is 0 Å². The summed E-state index contributed by atoms with van der Waals surface area (Å²) >= 11 is 0. The van der Waals surface area contributed by atoms with Crippen LogP contribution in [-0.2, 0) is 0 Å². The van der Waals surface area contributed by atoms with E-state index < -0.39 is 0 Å². The number of anilines is 1. The lowest BCUT2D eigenvalue weighted by molar-refractivity contribution is 0.587. The molecule has 1 heterocycles.